The molecule has 0 aliphatic heterocycles. The number of nitrogens with two attached hydrogens (primary N) is 1. The minimum atomic E-state index is -0.950. The molecule has 2 aromatic carbocycles. The third kappa shape index (κ3) is 3.03. The molecule has 8 heteroatoms. The second-order valence-electron chi connectivity index (χ2n) is 5.02. The smallest absolute Gasteiger partial charge is 0.271 e. The number of halogens is 2. The number of fused-ring (bicyclic) bond motifs is 1. The molecule has 124 valence electrons. The van der Waals surface area contributed by atoms with Crippen molar-refractivity contribution in [3.05, 3.63) is 58.6 Å². The number of ether oxygens (including phenoxy) is 1. The quantitative estimate of drug-likeness (QED) is 0.745. The fourth-order valence-corrected chi connectivity index (χ4v) is 2.49. The third-order valence-electron chi connectivity index (χ3n) is 3.41. The number of benzene rings is 2. The Hall–Kier alpha value is -3.37. The zero-order chi connectivity index (χ0) is 18.1. The molecule has 1 amide bonds. The van der Waals surface area contributed by atoms with Gasteiger partial charge in [0.25, 0.3) is 5.91 Å². The molecule has 0 saturated heterocycles. The van der Waals surface area contributed by atoms with Gasteiger partial charge in [0.15, 0.2) is 11.4 Å². The van der Waals surface area contributed by atoms with Crippen LogP contribution in [0.5, 0.6) is 17.2 Å². The Morgan fingerprint density at radius 1 is 1.28 bits per heavy atom. The SMILES string of the molecule is N#Cc1nc(C(N)=O)c(O)c2ccc(Oc3ccc(F)cc3Cl)cc12. The molecule has 1 heterocycles. The average molecular weight is 358 g/mol. The second kappa shape index (κ2) is 6.26. The second-order valence-corrected chi connectivity index (χ2v) is 5.43. The van der Waals surface area contributed by atoms with Gasteiger partial charge < -0.3 is 15.6 Å². The minimum absolute atomic E-state index is 0.0747. The summed E-state index contributed by atoms with van der Waals surface area (Å²) in [7, 11) is 0. The highest BCUT2D eigenvalue weighted by atomic mass is 35.5. The molecule has 3 N–H and O–H groups in total. The first kappa shape index (κ1) is 16.5. The summed E-state index contributed by atoms with van der Waals surface area (Å²) in [6.45, 7) is 0. The fourth-order valence-electron chi connectivity index (χ4n) is 2.28. The summed E-state index contributed by atoms with van der Waals surface area (Å²) in [5.41, 5.74) is 4.66. The maximum absolute atomic E-state index is 13.1. The van der Waals surface area contributed by atoms with Gasteiger partial charge in [-0.15, -0.1) is 0 Å². The molecule has 0 radical (unpaired) electrons. The van der Waals surface area contributed by atoms with E-state index in [-0.39, 0.29) is 38.7 Å². The lowest BCUT2D eigenvalue weighted by atomic mass is 10.1. The summed E-state index contributed by atoms with van der Waals surface area (Å²) in [5, 5.41) is 19.9. The number of primary amides is 1. The number of hydrogen-bond acceptors (Lipinski definition) is 5. The van der Waals surface area contributed by atoms with E-state index in [2.05, 4.69) is 4.98 Å². The van der Waals surface area contributed by atoms with Crippen LogP contribution in [-0.4, -0.2) is 16.0 Å². The number of hydrogen-bond donors (Lipinski definition) is 2. The number of carbonyl (C=O) groups excluding carboxylic acids is 1. The van der Waals surface area contributed by atoms with E-state index in [0.29, 0.717) is 0 Å². The number of pyridine rings is 1. The number of nitrogens with zero attached hydrogens (tertiary/aromatic N) is 2. The Bertz CT molecular complexity index is 1060. The molecule has 0 aliphatic rings. The fraction of sp³-hybridized carbons (Fsp3) is 0. The lowest BCUT2D eigenvalue weighted by Crippen LogP contribution is -2.14. The van der Waals surface area contributed by atoms with Gasteiger partial charge in [0.1, 0.15) is 29.1 Å². The predicted molar refractivity (Wildman–Crippen MR) is 88.1 cm³/mol. The zero-order valence-electron chi connectivity index (χ0n) is 12.5. The van der Waals surface area contributed by atoms with Gasteiger partial charge >= 0.3 is 0 Å². The van der Waals surface area contributed by atoms with Crippen LogP contribution in [0.2, 0.25) is 5.02 Å². The summed E-state index contributed by atoms with van der Waals surface area (Å²) < 4.78 is 18.7. The summed E-state index contributed by atoms with van der Waals surface area (Å²) in [5.74, 6) is -1.38. The third-order valence-corrected chi connectivity index (χ3v) is 3.71. The Kier molecular flexibility index (Phi) is 4.13. The highest BCUT2D eigenvalue weighted by Gasteiger charge is 2.18. The van der Waals surface area contributed by atoms with Crippen molar-refractivity contribution < 1.29 is 19.0 Å². The number of nitriles is 1. The van der Waals surface area contributed by atoms with Crippen LogP contribution in [0.3, 0.4) is 0 Å². The van der Waals surface area contributed by atoms with E-state index in [9.17, 15) is 19.6 Å². The van der Waals surface area contributed by atoms with E-state index in [1.165, 1.54) is 30.3 Å². The molecule has 6 nitrogen and oxygen atoms in total. The first-order valence-electron chi connectivity index (χ1n) is 6.90. The predicted octanol–water partition coefficient (Wildman–Crippen LogP) is 3.50. The maximum Gasteiger partial charge on any atom is 0.271 e. The molecule has 0 saturated carbocycles. The van der Waals surface area contributed by atoms with Crippen LogP contribution in [-0.2, 0) is 0 Å². The molecule has 1 aromatic heterocycles. The van der Waals surface area contributed by atoms with Crippen LogP contribution in [0.1, 0.15) is 16.2 Å². The first-order valence-corrected chi connectivity index (χ1v) is 7.28. The molecule has 0 spiro atoms. The van der Waals surface area contributed by atoms with Crippen molar-refractivity contribution in [2.45, 2.75) is 0 Å². The number of amides is 1. The summed E-state index contributed by atoms with van der Waals surface area (Å²) >= 11 is 5.92. The summed E-state index contributed by atoms with van der Waals surface area (Å²) in [6, 6.07) is 9.89. The summed E-state index contributed by atoms with van der Waals surface area (Å²) in [4.78, 5) is 15.1. The molecule has 3 aromatic rings. The first-order chi connectivity index (χ1) is 11.9. The normalized spacial score (nSPS) is 10.4. The van der Waals surface area contributed by atoms with Gasteiger partial charge in [0, 0.05) is 10.8 Å². The van der Waals surface area contributed by atoms with Crippen molar-refractivity contribution in [2.75, 3.05) is 0 Å². The molecule has 3 rings (SSSR count). The highest BCUT2D eigenvalue weighted by Crippen LogP contribution is 2.35. The van der Waals surface area contributed by atoms with Crippen LogP contribution in [0, 0.1) is 17.1 Å². The van der Waals surface area contributed by atoms with Crippen LogP contribution in [0.4, 0.5) is 4.39 Å². The van der Waals surface area contributed by atoms with E-state index in [0.717, 1.165) is 6.07 Å². The van der Waals surface area contributed by atoms with Gasteiger partial charge in [0.05, 0.1) is 5.02 Å². The van der Waals surface area contributed by atoms with Crippen molar-refractivity contribution in [1.82, 2.24) is 4.98 Å². The Morgan fingerprint density at radius 2 is 2.04 bits per heavy atom. The molecular weight excluding hydrogens is 349 g/mol. The van der Waals surface area contributed by atoms with Gasteiger partial charge in [-0.25, -0.2) is 9.37 Å². The minimum Gasteiger partial charge on any atom is -0.505 e. The monoisotopic (exact) mass is 357 g/mol. The lowest BCUT2D eigenvalue weighted by molar-refractivity contribution is 0.0993. The van der Waals surface area contributed by atoms with Crippen molar-refractivity contribution in [3.63, 3.8) is 0 Å². The van der Waals surface area contributed by atoms with E-state index >= 15 is 0 Å². The number of rotatable bonds is 3. The van der Waals surface area contributed by atoms with Crippen molar-refractivity contribution in [2.24, 2.45) is 5.73 Å². The van der Waals surface area contributed by atoms with Gasteiger partial charge in [0.2, 0.25) is 0 Å². The number of aromatic nitrogens is 1. The Balaban J connectivity index is 2.12. The number of carbonyl (C=O) groups is 1. The van der Waals surface area contributed by atoms with Gasteiger partial charge in [-0.3, -0.25) is 4.79 Å². The Labute approximate surface area is 145 Å². The van der Waals surface area contributed by atoms with Crippen LogP contribution < -0.4 is 10.5 Å². The van der Waals surface area contributed by atoms with Crippen LogP contribution >= 0.6 is 11.6 Å². The molecule has 0 atom stereocenters. The van der Waals surface area contributed by atoms with E-state index in [4.69, 9.17) is 22.1 Å². The zero-order valence-corrected chi connectivity index (χ0v) is 13.2. The molecule has 0 fully saturated rings. The summed E-state index contributed by atoms with van der Waals surface area (Å²) in [6.07, 6.45) is 0. The number of aromatic hydroxyl groups is 1. The maximum atomic E-state index is 13.1. The van der Waals surface area contributed by atoms with Crippen LogP contribution in [0.25, 0.3) is 10.8 Å². The van der Waals surface area contributed by atoms with Gasteiger partial charge in [-0.05, 0) is 36.4 Å². The van der Waals surface area contributed by atoms with E-state index in [1.807, 2.05) is 6.07 Å². The van der Waals surface area contributed by atoms with Crippen molar-refractivity contribution in [1.29, 1.82) is 5.26 Å². The largest absolute Gasteiger partial charge is 0.505 e. The molecule has 0 bridgehead atoms. The lowest BCUT2D eigenvalue weighted by Gasteiger charge is -2.11. The topological polar surface area (TPSA) is 109 Å². The highest BCUT2D eigenvalue weighted by molar-refractivity contribution is 6.32. The molecule has 0 unspecified atom stereocenters. The average Bonchev–Trinajstić information content (AvgIpc) is 2.57. The Morgan fingerprint density at radius 3 is 2.68 bits per heavy atom. The molecule has 25 heavy (non-hydrogen) atoms. The van der Waals surface area contributed by atoms with E-state index < -0.39 is 17.5 Å². The van der Waals surface area contributed by atoms with Gasteiger partial charge in [-0.2, -0.15) is 5.26 Å². The molecular formula is C17H9ClFN3O3. The molecule has 0 aliphatic carbocycles. The van der Waals surface area contributed by atoms with Crippen LogP contribution in [0.15, 0.2) is 36.4 Å². The standard InChI is InChI=1S/C17H9ClFN3O3/c18-12-5-8(19)1-4-14(12)25-9-2-3-10-11(6-9)13(7-20)22-15(16(10)23)17(21)24/h1-6,23H,(H2,21,24). The van der Waals surface area contributed by atoms with E-state index in [1.54, 1.807) is 0 Å². The van der Waals surface area contributed by atoms with Crippen molar-refractivity contribution >= 4 is 28.3 Å². The van der Waals surface area contributed by atoms with Gasteiger partial charge in [-0.1, -0.05) is 11.6 Å². The van der Waals surface area contributed by atoms with Crippen molar-refractivity contribution in [3.8, 4) is 23.3 Å².